The molecule has 2 heterocycles. The van der Waals surface area contributed by atoms with Gasteiger partial charge in [-0.1, -0.05) is 42.5 Å². The predicted molar refractivity (Wildman–Crippen MR) is 116 cm³/mol. The Bertz CT molecular complexity index is 1290. The van der Waals surface area contributed by atoms with E-state index in [2.05, 4.69) is 20.8 Å². The van der Waals surface area contributed by atoms with Crippen molar-refractivity contribution in [3.63, 3.8) is 0 Å². The largest absolute Gasteiger partial charge is 0.270 e. The zero-order valence-corrected chi connectivity index (χ0v) is 16.2. The minimum atomic E-state index is -0.597. The fourth-order valence-electron chi connectivity index (χ4n) is 3.01. The fraction of sp³-hybridized carbons (Fsp3) is 0. The van der Waals surface area contributed by atoms with Crippen molar-refractivity contribution < 1.29 is 14.0 Å². The van der Waals surface area contributed by atoms with Crippen LogP contribution >= 0.6 is 0 Å². The summed E-state index contributed by atoms with van der Waals surface area (Å²) < 4.78 is 13.6. The number of hydrazine groups is 1. The van der Waals surface area contributed by atoms with E-state index in [-0.39, 0.29) is 5.56 Å². The molecule has 31 heavy (non-hydrogen) atoms. The summed E-state index contributed by atoms with van der Waals surface area (Å²) in [5.41, 5.74) is 7.09. The number of hydrogen-bond acceptors (Lipinski definition) is 4. The number of amides is 2. The van der Waals surface area contributed by atoms with Gasteiger partial charge in [0.2, 0.25) is 0 Å². The maximum atomic E-state index is 13.6. The smallest absolute Gasteiger partial charge is 0.268 e. The van der Waals surface area contributed by atoms with E-state index < -0.39 is 17.6 Å². The molecule has 0 fully saturated rings. The summed E-state index contributed by atoms with van der Waals surface area (Å²) in [7, 11) is 0. The molecule has 2 aromatic carbocycles. The Labute approximate surface area is 177 Å². The van der Waals surface area contributed by atoms with Crippen LogP contribution in [0.25, 0.3) is 28.4 Å². The van der Waals surface area contributed by atoms with Crippen molar-refractivity contribution in [3.05, 3.63) is 102 Å². The molecule has 6 nitrogen and oxygen atoms in total. The molecular weight excluding hydrogens is 395 g/mol. The summed E-state index contributed by atoms with van der Waals surface area (Å²) in [6, 6.07) is 20.3. The van der Waals surface area contributed by atoms with Crippen LogP contribution in [0.4, 0.5) is 4.39 Å². The van der Waals surface area contributed by atoms with Crippen molar-refractivity contribution in [1.82, 2.24) is 20.8 Å². The van der Waals surface area contributed by atoms with Gasteiger partial charge in [0.25, 0.3) is 11.8 Å². The lowest BCUT2D eigenvalue weighted by Crippen LogP contribution is -2.40. The molecule has 2 N–H and O–H groups in total. The summed E-state index contributed by atoms with van der Waals surface area (Å²) in [6.07, 6.45) is 4.12. The molecule has 0 radical (unpaired) electrons. The first-order valence-electron chi connectivity index (χ1n) is 9.46. The Morgan fingerprint density at radius 1 is 0.871 bits per heavy atom. The Hall–Kier alpha value is -4.39. The van der Waals surface area contributed by atoms with Crippen molar-refractivity contribution in [3.8, 4) is 11.4 Å². The third-order valence-corrected chi connectivity index (χ3v) is 4.51. The average Bonchev–Trinajstić information content (AvgIpc) is 2.82. The Kier molecular flexibility index (Phi) is 5.75. The summed E-state index contributed by atoms with van der Waals surface area (Å²) >= 11 is 0. The van der Waals surface area contributed by atoms with Crippen molar-refractivity contribution in [2.75, 3.05) is 0 Å². The van der Waals surface area contributed by atoms with Crippen LogP contribution in [0.2, 0.25) is 0 Å². The van der Waals surface area contributed by atoms with E-state index in [0.717, 1.165) is 6.08 Å². The van der Waals surface area contributed by atoms with Gasteiger partial charge in [-0.2, -0.15) is 0 Å². The van der Waals surface area contributed by atoms with Gasteiger partial charge >= 0.3 is 0 Å². The van der Waals surface area contributed by atoms with Crippen molar-refractivity contribution in [2.24, 2.45) is 0 Å². The zero-order chi connectivity index (χ0) is 21.6. The molecule has 2 aromatic heterocycles. The van der Waals surface area contributed by atoms with Crippen LogP contribution in [0.3, 0.4) is 0 Å². The molecule has 7 heteroatoms. The number of carbonyl (C=O) groups is 2. The number of rotatable bonds is 4. The molecule has 0 aliphatic rings. The first-order valence-corrected chi connectivity index (χ1v) is 9.46. The van der Waals surface area contributed by atoms with Crippen LogP contribution in [-0.2, 0) is 4.79 Å². The highest BCUT2D eigenvalue weighted by Gasteiger charge is 2.14. The van der Waals surface area contributed by atoms with Crippen molar-refractivity contribution >= 4 is 28.8 Å². The Balaban J connectivity index is 1.55. The highest BCUT2D eigenvalue weighted by molar-refractivity contribution is 6.07. The van der Waals surface area contributed by atoms with Gasteiger partial charge in [-0.3, -0.25) is 25.4 Å². The minimum Gasteiger partial charge on any atom is -0.268 e. The molecule has 0 saturated heterocycles. The van der Waals surface area contributed by atoms with Crippen LogP contribution in [-0.4, -0.2) is 21.8 Å². The van der Waals surface area contributed by atoms with Gasteiger partial charge in [0, 0.05) is 23.2 Å². The first kappa shape index (κ1) is 19.9. The number of para-hydroxylation sites is 1. The van der Waals surface area contributed by atoms with Crippen molar-refractivity contribution in [2.45, 2.75) is 0 Å². The van der Waals surface area contributed by atoms with E-state index in [1.165, 1.54) is 12.1 Å². The molecule has 0 unspecified atom stereocenters. The number of hydrogen-bond donors (Lipinski definition) is 2. The van der Waals surface area contributed by atoms with Gasteiger partial charge in [-0.15, -0.1) is 0 Å². The van der Waals surface area contributed by atoms with E-state index in [1.54, 1.807) is 60.8 Å². The monoisotopic (exact) mass is 412 g/mol. The number of nitrogens with zero attached hydrogens (tertiary/aromatic N) is 2. The van der Waals surface area contributed by atoms with Gasteiger partial charge in [-0.05, 0) is 36.4 Å². The molecule has 2 amide bonds. The van der Waals surface area contributed by atoms with Crippen LogP contribution in [0, 0.1) is 5.82 Å². The lowest BCUT2D eigenvalue weighted by Gasteiger charge is -2.10. The maximum absolute atomic E-state index is 13.6. The second kappa shape index (κ2) is 8.96. The Morgan fingerprint density at radius 2 is 1.65 bits per heavy atom. The normalized spacial score (nSPS) is 10.9. The topological polar surface area (TPSA) is 84.0 Å². The number of carbonyl (C=O) groups excluding carboxylic acids is 2. The van der Waals surface area contributed by atoms with E-state index in [9.17, 15) is 14.0 Å². The standard InChI is InChI=1S/C24H17FN4O2/c25-19-9-3-1-7-16(19)12-13-23(30)28-29-24(31)18-15-22(21-11-5-6-14-26-21)27-20-10-4-2-8-17(18)20/h1-15H,(H,28,30)(H,29,31)/b13-12+. The first-order chi connectivity index (χ1) is 15.1. The van der Waals surface area contributed by atoms with Crippen LogP contribution in [0.15, 0.2) is 85.1 Å². The molecular formula is C24H17FN4O2. The molecule has 0 bridgehead atoms. The number of benzene rings is 2. The molecule has 0 spiro atoms. The second-order valence-corrected chi connectivity index (χ2v) is 6.59. The highest BCUT2D eigenvalue weighted by atomic mass is 19.1. The number of fused-ring (bicyclic) bond motifs is 1. The minimum absolute atomic E-state index is 0.268. The summed E-state index contributed by atoms with van der Waals surface area (Å²) in [4.78, 5) is 33.7. The van der Waals surface area contributed by atoms with Gasteiger partial charge in [-0.25, -0.2) is 9.37 Å². The molecule has 0 saturated carbocycles. The second-order valence-electron chi connectivity index (χ2n) is 6.59. The number of nitrogens with one attached hydrogen (secondary N) is 2. The van der Waals surface area contributed by atoms with E-state index >= 15 is 0 Å². The van der Waals surface area contributed by atoms with Crippen LogP contribution in [0.5, 0.6) is 0 Å². The summed E-state index contributed by atoms with van der Waals surface area (Å²) in [6.45, 7) is 0. The number of pyridine rings is 2. The van der Waals surface area contributed by atoms with Gasteiger partial charge in [0.15, 0.2) is 0 Å². The van der Waals surface area contributed by atoms with E-state index in [0.29, 0.717) is 27.9 Å². The highest BCUT2D eigenvalue weighted by Crippen LogP contribution is 2.23. The predicted octanol–water partition coefficient (Wildman–Crippen LogP) is 3.91. The molecule has 0 atom stereocenters. The quantitative estimate of drug-likeness (QED) is 0.393. The zero-order valence-electron chi connectivity index (χ0n) is 16.2. The average molecular weight is 412 g/mol. The number of halogens is 1. The van der Waals surface area contributed by atoms with E-state index in [4.69, 9.17) is 0 Å². The van der Waals surface area contributed by atoms with Gasteiger partial charge in [0.05, 0.1) is 22.5 Å². The van der Waals surface area contributed by atoms with Crippen LogP contribution in [0.1, 0.15) is 15.9 Å². The lowest BCUT2D eigenvalue weighted by molar-refractivity contribution is -0.117. The van der Waals surface area contributed by atoms with Crippen molar-refractivity contribution in [1.29, 1.82) is 0 Å². The molecule has 0 aliphatic heterocycles. The van der Waals surface area contributed by atoms with E-state index in [1.807, 2.05) is 12.1 Å². The lowest BCUT2D eigenvalue weighted by atomic mass is 10.1. The van der Waals surface area contributed by atoms with Crippen LogP contribution < -0.4 is 10.9 Å². The third kappa shape index (κ3) is 4.62. The summed E-state index contributed by atoms with van der Waals surface area (Å²) in [5, 5.41) is 0.635. The van der Waals surface area contributed by atoms with Gasteiger partial charge in [0.1, 0.15) is 5.82 Å². The third-order valence-electron chi connectivity index (χ3n) is 4.51. The molecule has 0 aliphatic carbocycles. The maximum Gasteiger partial charge on any atom is 0.270 e. The number of aromatic nitrogens is 2. The molecule has 152 valence electrons. The SMILES string of the molecule is O=C(/C=C/c1ccccc1F)NNC(=O)c1cc(-c2ccccn2)nc2ccccc12. The molecule has 4 rings (SSSR count). The molecule has 4 aromatic rings. The Morgan fingerprint density at radius 3 is 2.45 bits per heavy atom. The van der Waals surface area contributed by atoms with Gasteiger partial charge < -0.3 is 0 Å². The summed E-state index contributed by atoms with van der Waals surface area (Å²) in [5.74, 6) is -1.55. The fourth-order valence-corrected chi connectivity index (χ4v) is 3.01.